The fraction of sp³-hybridized carbons (Fsp3) is 0.435. The molecule has 2 amide bonds. The molecule has 2 aromatic heterocycles. The molecule has 0 aliphatic carbocycles. The number of nitrogens with zero attached hydrogens (tertiary/aromatic N) is 3. The van der Waals surface area contributed by atoms with Gasteiger partial charge in [0.1, 0.15) is 26.9 Å². The van der Waals surface area contributed by atoms with Crippen molar-refractivity contribution in [3.63, 3.8) is 0 Å². The van der Waals surface area contributed by atoms with E-state index in [0.717, 1.165) is 11.3 Å². The average Bonchev–Trinajstić information content (AvgIpc) is 3.07. The summed E-state index contributed by atoms with van der Waals surface area (Å²) in [5.41, 5.74) is -2.09. The SMILES string of the molecule is CCn1c(=O)/c(=C\Nc2cccc(NC(=O)C(C)(C)C)n2)s/c1=C(/C#N)C(=O)NC(C)(C)CO. The quantitative estimate of drug-likeness (QED) is 0.450. The Kier molecular flexibility index (Phi) is 8.36. The van der Waals surface area contributed by atoms with Crippen molar-refractivity contribution in [2.75, 3.05) is 17.2 Å². The largest absolute Gasteiger partial charge is 0.394 e. The highest BCUT2D eigenvalue weighted by Gasteiger charge is 2.24. The van der Waals surface area contributed by atoms with Crippen LogP contribution in [0.2, 0.25) is 0 Å². The Labute approximate surface area is 201 Å². The van der Waals surface area contributed by atoms with Crippen LogP contribution in [0.25, 0.3) is 11.8 Å². The van der Waals surface area contributed by atoms with Crippen LogP contribution in [-0.4, -0.2) is 38.6 Å². The Balaban J connectivity index is 2.45. The fourth-order valence-corrected chi connectivity index (χ4v) is 3.71. The zero-order valence-electron chi connectivity index (χ0n) is 20.1. The van der Waals surface area contributed by atoms with E-state index in [0.29, 0.717) is 11.6 Å². The number of carbonyl (C=O) groups is 2. The van der Waals surface area contributed by atoms with Crippen molar-refractivity contribution in [3.05, 3.63) is 37.7 Å². The summed E-state index contributed by atoms with van der Waals surface area (Å²) in [5.74, 6) is -0.0963. The number of aliphatic hydroxyl groups excluding tert-OH is 1. The minimum atomic E-state index is -0.927. The molecular formula is C23H30N6O4S. The first-order valence-corrected chi connectivity index (χ1v) is 11.5. The molecule has 34 heavy (non-hydrogen) atoms. The zero-order valence-corrected chi connectivity index (χ0v) is 21.0. The summed E-state index contributed by atoms with van der Waals surface area (Å²) in [4.78, 5) is 42.1. The van der Waals surface area contributed by atoms with Gasteiger partial charge < -0.3 is 21.1 Å². The predicted molar refractivity (Wildman–Crippen MR) is 132 cm³/mol. The molecule has 0 aliphatic heterocycles. The van der Waals surface area contributed by atoms with Crippen molar-refractivity contribution in [1.82, 2.24) is 14.9 Å². The standard InChI is InChI=1S/C23H30N6O4S/c1-7-29-19(32)15(34-20(29)14(11-24)18(31)28-23(5,6)13-30)12-25-16-9-8-10-17(26-16)27-21(33)22(2,3)4/h8-10,12,30H,7,13H2,1-6H3,(H,28,31)(H2,25,26,27,33)/b15-12+,20-14-. The van der Waals surface area contributed by atoms with E-state index in [4.69, 9.17) is 0 Å². The van der Waals surface area contributed by atoms with Crippen LogP contribution in [0.4, 0.5) is 11.6 Å². The van der Waals surface area contributed by atoms with Gasteiger partial charge in [0.15, 0.2) is 5.57 Å². The number of rotatable bonds is 7. The number of aromatic nitrogens is 2. The van der Waals surface area contributed by atoms with E-state index in [1.165, 1.54) is 10.8 Å². The molecule has 0 aromatic carbocycles. The van der Waals surface area contributed by atoms with Crippen LogP contribution >= 0.6 is 11.3 Å². The number of nitriles is 1. The third kappa shape index (κ3) is 6.52. The van der Waals surface area contributed by atoms with Gasteiger partial charge in [-0.2, -0.15) is 5.26 Å². The minimum Gasteiger partial charge on any atom is -0.394 e. The second kappa shape index (κ2) is 10.6. The van der Waals surface area contributed by atoms with E-state index < -0.39 is 16.9 Å². The Morgan fingerprint density at radius 2 is 1.88 bits per heavy atom. The van der Waals surface area contributed by atoms with Gasteiger partial charge in [0.2, 0.25) is 5.91 Å². The molecule has 2 rings (SSSR count). The molecule has 0 unspecified atom stereocenters. The van der Waals surface area contributed by atoms with Crippen molar-refractivity contribution in [2.24, 2.45) is 5.41 Å². The number of amides is 2. The number of carbonyl (C=O) groups excluding carboxylic acids is 2. The van der Waals surface area contributed by atoms with Crippen LogP contribution in [0.1, 0.15) is 41.5 Å². The van der Waals surface area contributed by atoms with Crippen LogP contribution in [-0.2, 0) is 16.1 Å². The smallest absolute Gasteiger partial charge is 0.270 e. The van der Waals surface area contributed by atoms with Gasteiger partial charge in [-0.1, -0.05) is 26.8 Å². The van der Waals surface area contributed by atoms with Crippen LogP contribution in [0, 0.1) is 16.7 Å². The highest BCUT2D eigenvalue weighted by molar-refractivity contribution is 7.07. The number of nitrogens with one attached hydrogen (secondary N) is 3. The topological polar surface area (TPSA) is 149 Å². The molecule has 0 spiro atoms. The number of aliphatic hydroxyl groups is 1. The van der Waals surface area contributed by atoms with Gasteiger partial charge in [-0.05, 0) is 32.9 Å². The Morgan fingerprint density at radius 1 is 1.24 bits per heavy atom. The van der Waals surface area contributed by atoms with Crippen molar-refractivity contribution in [1.29, 1.82) is 5.26 Å². The summed E-state index contributed by atoms with van der Waals surface area (Å²) >= 11 is 0.995. The van der Waals surface area contributed by atoms with E-state index in [1.54, 1.807) is 59.7 Å². The second-order valence-electron chi connectivity index (χ2n) is 9.20. The summed E-state index contributed by atoms with van der Waals surface area (Å²) < 4.78 is 1.83. The van der Waals surface area contributed by atoms with E-state index in [9.17, 15) is 24.8 Å². The van der Waals surface area contributed by atoms with E-state index in [1.807, 2.05) is 6.07 Å². The lowest BCUT2D eigenvalue weighted by Crippen LogP contribution is -2.47. The molecule has 0 fully saturated rings. The molecule has 0 aliphatic rings. The monoisotopic (exact) mass is 486 g/mol. The van der Waals surface area contributed by atoms with Crippen LogP contribution in [0.3, 0.4) is 0 Å². The summed E-state index contributed by atoms with van der Waals surface area (Å²) in [6, 6.07) is 6.92. The summed E-state index contributed by atoms with van der Waals surface area (Å²) in [6.07, 6.45) is 1.45. The van der Waals surface area contributed by atoms with Crippen LogP contribution in [0.5, 0.6) is 0 Å². The van der Waals surface area contributed by atoms with Gasteiger partial charge in [-0.25, -0.2) is 4.98 Å². The number of hydrogen-bond acceptors (Lipinski definition) is 8. The first-order valence-electron chi connectivity index (χ1n) is 10.7. The number of thiazole rings is 1. The third-order valence-electron chi connectivity index (χ3n) is 4.65. The molecule has 2 aromatic rings. The van der Waals surface area contributed by atoms with E-state index in [-0.39, 0.29) is 39.4 Å². The summed E-state index contributed by atoms with van der Waals surface area (Å²) in [7, 11) is 0. The van der Waals surface area contributed by atoms with Crippen LogP contribution in [0.15, 0.2) is 23.0 Å². The summed E-state index contributed by atoms with van der Waals surface area (Å²) in [5, 5.41) is 27.3. The van der Waals surface area contributed by atoms with Crippen molar-refractivity contribution in [3.8, 4) is 6.07 Å². The van der Waals surface area contributed by atoms with E-state index in [2.05, 4.69) is 20.9 Å². The molecule has 10 nitrogen and oxygen atoms in total. The lowest BCUT2D eigenvalue weighted by molar-refractivity contribution is -0.123. The van der Waals surface area contributed by atoms with Gasteiger partial charge in [-0.3, -0.25) is 19.0 Å². The molecule has 2 heterocycles. The maximum absolute atomic E-state index is 12.9. The molecule has 0 radical (unpaired) electrons. The van der Waals surface area contributed by atoms with Gasteiger partial charge in [0, 0.05) is 18.2 Å². The first kappa shape index (κ1) is 26.8. The summed E-state index contributed by atoms with van der Waals surface area (Å²) in [6.45, 7) is 10.3. The number of hydrogen-bond donors (Lipinski definition) is 4. The Hall–Kier alpha value is -3.49. The maximum atomic E-state index is 12.9. The van der Waals surface area contributed by atoms with Gasteiger partial charge >= 0.3 is 0 Å². The van der Waals surface area contributed by atoms with Crippen molar-refractivity contribution >= 4 is 46.6 Å². The molecule has 0 bridgehead atoms. The third-order valence-corrected chi connectivity index (χ3v) is 5.78. The van der Waals surface area contributed by atoms with Crippen molar-refractivity contribution < 1.29 is 14.7 Å². The zero-order chi connectivity index (χ0) is 25.7. The van der Waals surface area contributed by atoms with Crippen molar-refractivity contribution in [2.45, 2.75) is 53.6 Å². The average molecular weight is 487 g/mol. The molecule has 11 heteroatoms. The Bertz CT molecular complexity index is 1290. The second-order valence-corrected chi connectivity index (χ2v) is 10.2. The predicted octanol–water partition coefficient (Wildman–Crippen LogP) is 0.721. The normalized spacial score (nSPS) is 13.2. The van der Waals surface area contributed by atoms with Crippen LogP contribution < -0.4 is 30.7 Å². The van der Waals surface area contributed by atoms with E-state index >= 15 is 0 Å². The highest BCUT2D eigenvalue weighted by Crippen LogP contribution is 2.17. The van der Waals surface area contributed by atoms with Gasteiger partial charge in [0.05, 0.1) is 12.1 Å². The maximum Gasteiger partial charge on any atom is 0.270 e. The molecular weight excluding hydrogens is 456 g/mol. The first-order chi connectivity index (χ1) is 15.8. The fourth-order valence-electron chi connectivity index (χ4n) is 2.63. The molecule has 0 saturated heterocycles. The minimum absolute atomic E-state index is 0.183. The Morgan fingerprint density at radius 3 is 2.44 bits per heavy atom. The number of pyridine rings is 1. The lowest BCUT2D eigenvalue weighted by Gasteiger charge is -2.22. The molecule has 4 N–H and O–H groups in total. The van der Waals surface area contributed by atoms with Gasteiger partial charge in [0.25, 0.3) is 11.5 Å². The highest BCUT2D eigenvalue weighted by atomic mass is 32.1. The molecule has 182 valence electrons. The lowest BCUT2D eigenvalue weighted by atomic mass is 9.96. The van der Waals surface area contributed by atoms with Gasteiger partial charge in [-0.15, -0.1) is 11.3 Å². The molecule has 0 saturated carbocycles. The number of anilines is 2. The molecule has 0 atom stereocenters.